The summed E-state index contributed by atoms with van der Waals surface area (Å²) in [7, 11) is 2.89. The minimum absolute atomic E-state index is 1.64. The molecule has 1 atom stereocenters. The fraction of sp³-hybridized carbons (Fsp3) is 0. The van der Waals surface area contributed by atoms with Gasteiger partial charge >= 0.3 is 0 Å². The van der Waals surface area contributed by atoms with Crippen LogP contribution in [-0.4, -0.2) is 4.55 Å². The summed E-state index contributed by atoms with van der Waals surface area (Å²) in [6, 6.07) is 0. The molecule has 0 aliphatic rings. The third-order valence-electron chi connectivity index (χ3n) is 0. The Hall–Kier alpha value is 0.560. The van der Waals surface area contributed by atoms with Gasteiger partial charge in [-0.05, 0) is 0 Å². The summed E-state index contributed by atoms with van der Waals surface area (Å²) in [6.45, 7) is 0. The molecule has 0 fully saturated rings. The highest BCUT2D eigenvalue weighted by atomic mass is 35.7. The highest BCUT2D eigenvalue weighted by molar-refractivity contribution is 8.11. The average Bonchev–Trinajstić information content (AvgIpc) is 0.811. The van der Waals surface area contributed by atoms with Gasteiger partial charge in [0.25, 0.3) is 0 Å². The summed E-state index contributed by atoms with van der Waals surface area (Å²) >= 11 is 0. The second-order valence-corrected chi connectivity index (χ2v) is 1.66. The van der Waals surface area contributed by atoms with Crippen molar-refractivity contribution in [3.05, 3.63) is 0 Å². The zero-order chi connectivity index (χ0) is 3.58. The highest BCUT2D eigenvalue weighted by Crippen LogP contribution is 1.76. The van der Waals surface area contributed by atoms with Crippen LogP contribution in [0.1, 0.15) is 0 Å². The average molecular weight is 99.5 g/mol. The van der Waals surface area contributed by atoms with E-state index in [0.29, 0.717) is 0 Å². The van der Waals surface area contributed by atoms with E-state index in [1.165, 1.54) is 0 Å². The topological polar surface area (TPSA) is 49.1 Å². The van der Waals surface area contributed by atoms with Crippen molar-refractivity contribution in [1.82, 2.24) is 0 Å². The van der Waals surface area contributed by atoms with Crippen LogP contribution in [0.25, 0.3) is 0 Å². The van der Waals surface area contributed by atoms with Crippen molar-refractivity contribution in [1.29, 1.82) is 0 Å². The van der Waals surface area contributed by atoms with E-state index in [4.69, 9.17) is 4.55 Å². The minimum Gasteiger partial charge on any atom is -0.580 e. The van der Waals surface area contributed by atoms with Crippen LogP contribution < -0.4 is 5.14 Å². The van der Waals surface area contributed by atoms with Crippen LogP contribution in [0, 0.1) is 0 Å². The smallest absolute Gasteiger partial charge is 0.199 e. The third kappa shape index (κ3) is 19.9. The Morgan fingerprint density at radius 2 is 2.00 bits per heavy atom. The van der Waals surface area contributed by atoms with E-state index in [2.05, 4.69) is 15.8 Å². The fourth-order valence-electron chi connectivity index (χ4n) is 0. The summed E-state index contributed by atoms with van der Waals surface area (Å²) in [5.74, 6) is 0. The van der Waals surface area contributed by atoms with E-state index >= 15 is 0 Å². The molecule has 4 heteroatoms. The Balaban J connectivity index is 2.32. The van der Waals surface area contributed by atoms with Crippen LogP contribution in [0.15, 0.2) is 0 Å². The number of rotatable bonds is 0. The van der Waals surface area contributed by atoms with Gasteiger partial charge in [-0.25, -0.2) is 0 Å². The van der Waals surface area contributed by atoms with Crippen molar-refractivity contribution in [3.63, 3.8) is 0 Å². The van der Waals surface area contributed by atoms with Crippen molar-refractivity contribution in [3.8, 4) is 0 Å². The van der Waals surface area contributed by atoms with Crippen LogP contribution in [-0.2, 0) is 10.6 Å². The van der Waals surface area contributed by atoms with E-state index in [1.807, 2.05) is 0 Å². The minimum atomic E-state index is -1.64. The summed E-state index contributed by atoms with van der Waals surface area (Å²) in [4.78, 5) is 0. The van der Waals surface area contributed by atoms with E-state index < -0.39 is 10.6 Å². The summed E-state index contributed by atoms with van der Waals surface area (Å²) in [5, 5.41) is 4.35. The molecule has 0 rings (SSSR count). The van der Waals surface area contributed by atoms with Crippen LogP contribution in [0.3, 0.4) is 0 Å². The van der Waals surface area contributed by atoms with Gasteiger partial charge in [0, 0.05) is 0 Å². The van der Waals surface area contributed by atoms with Gasteiger partial charge in [-0.15, -0.1) is 5.14 Å². The summed E-state index contributed by atoms with van der Waals surface area (Å²) in [5.41, 5.74) is 0. The van der Waals surface area contributed by atoms with Gasteiger partial charge < -0.3 is 4.55 Å². The predicted octanol–water partition coefficient (Wildman–Crippen LogP) is -0.237. The van der Waals surface area contributed by atoms with Gasteiger partial charge in [0.2, 0.25) is 0 Å². The normalized spacial score (nSPS) is 15.8. The molecular weight excluding hydrogens is 97.5 g/mol. The maximum Gasteiger partial charge on any atom is 0.199 e. The maximum atomic E-state index is 9.10. The molecule has 0 saturated heterocycles. The Labute approximate surface area is 31.8 Å². The maximum absolute atomic E-state index is 9.10. The molecule has 0 amide bonds. The van der Waals surface area contributed by atoms with Crippen LogP contribution in [0.5, 0.6) is 0 Å². The molecule has 2 N–H and O–H groups in total. The molecule has 0 bridgehead atoms. The zero-order valence-corrected chi connectivity index (χ0v) is 3.34. The molecule has 0 spiro atoms. The number of hydrogen-bond acceptors (Lipinski definition) is 2. The summed E-state index contributed by atoms with van der Waals surface area (Å²) in [6.07, 6.45) is 0. The summed E-state index contributed by atoms with van der Waals surface area (Å²) < 4.78 is 9.10. The lowest BCUT2D eigenvalue weighted by Gasteiger charge is -1.78. The number of nitrogens with two attached hydrogens (primary N) is 1. The molecule has 0 aromatic rings. The van der Waals surface area contributed by atoms with Crippen LogP contribution >= 0.6 is 10.7 Å². The molecule has 0 radical (unpaired) electrons. The molecule has 0 aliphatic carbocycles. The Morgan fingerprint density at radius 1 is 2.00 bits per heavy atom. The van der Waals surface area contributed by atoms with Gasteiger partial charge in [0.1, 0.15) is 0 Å². The second-order valence-electron chi connectivity index (χ2n) is 0.248. The molecular formula is H2ClNOS. The Morgan fingerprint density at radius 3 is 2.00 bits per heavy atom. The first kappa shape index (κ1) is 4.56. The standard InChI is InChI=1S/ClH2NOS/c1-4(2)3/h2H2. The number of hydrogen-bond donors (Lipinski definition) is 1. The molecule has 0 aromatic heterocycles. The SMILES string of the molecule is N[S+]([O-])Cl. The van der Waals surface area contributed by atoms with E-state index in [-0.39, 0.29) is 0 Å². The fourth-order valence-corrected chi connectivity index (χ4v) is 0. The predicted molar refractivity (Wildman–Crippen MR) is 18.2 cm³/mol. The van der Waals surface area contributed by atoms with Gasteiger partial charge in [0.15, 0.2) is 21.3 Å². The lowest BCUT2D eigenvalue weighted by atomic mass is 14.0. The van der Waals surface area contributed by atoms with Crippen molar-refractivity contribution in [2.24, 2.45) is 5.14 Å². The molecule has 4 heavy (non-hydrogen) atoms. The third-order valence-corrected chi connectivity index (χ3v) is 0. The molecule has 2 nitrogen and oxygen atoms in total. The molecule has 0 heterocycles. The highest BCUT2D eigenvalue weighted by Gasteiger charge is 1.76. The first-order chi connectivity index (χ1) is 1.73. The van der Waals surface area contributed by atoms with Crippen molar-refractivity contribution < 1.29 is 4.55 Å². The molecule has 1 unspecified atom stereocenters. The first-order valence-corrected chi connectivity index (χ1v) is 2.60. The van der Waals surface area contributed by atoms with Crippen molar-refractivity contribution in [2.75, 3.05) is 0 Å². The van der Waals surface area contributed by atoms with Crippen molar-refractivity contribution >= 4 is 21.3 Å². The molecule has 0 aromatic carbocycles. The molecule has 0 saturated carbocycles. The number of halogens is 1. The monoisotopic (exact) mass is 99.0 g/mol. The zero-order valence-electron chi connectivity index (χ0n) is 1.77. The van der Waals surface area contributed by atoms with Gasteiger partial charge in [-0.3, -0.25) is 0 Å². The lowest BCUT2D eigenvalue weighted by Crippen LogP contribution is -2.00. The van der Waals surface area contributed by atoms with Gasteiger partial charge in [-0.2, -0.15) is 0 Å². The second kappa shape index (κ2) is 1.84. The molecule has 26 valence electrons. The Bertz CT molecular complexity index is 12.8. The first-order valence-electron chi connectivity index (χ1n) is 0.557. The van der Waals surface area contributed by atoms with Crippen molar-refractivity contribution in [2.45, 2.75) is 0 Å². The van der Waals surface area contributed by atoms with Gasteiger partial charge in [-0.1, -0.05) is 0 Å². The van der Waals surface area contributed by atoms with Crippen LogP contribution in [0.4, 0.5) is 0 Å². The quantitative estimate of drug-likeness (QED) is 0.426. The Kier molecular flexibility index (Phi) is 2.10. The van der Waals surface area contributed by atoms with E-state index in [9.17, 15) is 0 Å². The van der Waals surface area contributed by atoms with Gasteiger partial charge in [0.05, 0.1) is 0 Å². The van der Waals surface area contributed by atoms with E-state index in [0.717, 1.165) is 0 Å². The van der Waals surface area contributed by atoms with E-state index in [1.54, 1.807) is 0 Å². The largest absolute Gasteiger partial charge is 0.580 e. The van der Waals surface area contributed by atoms with Crippen LogP contribution in [0.2, 0.25) is 0 Å². The lowest BCUT2D eigenvalue weighted by molar-refractivity contribution is 0.610. The molecule has 0 aliphatic heterocycles.